The van der Waals surface area contributed by atoms with Crippen LogP contribution in [-0.4, -0.2) is 37.0 Å². The Kier molecular flexibility index (Phi) is 5.40. The second-order valence-electron chi connectivity index (χ2n) is 6.69. The summed E-state index contributed by atoms with van der Waals surface area (Å²) < 4.78 is 0. The second kappa shape index (κ2) is 7.08. The molecule has 1 aliphatic heterocycles. The zero-order valence-electron chi connectivity index (χ0n) is 13.8. The highest BCUT2D eigenvalue weighted by atomic mass is 16.1. The molecule has 0 aliphatic carbocycles. The van der Waals surface area contributed by atoms with Crippen molar-refractivity contribution in [2.24, 2.45) is 5.92 Å². The van der Waals surface area contributed by atoms with Gasteiger partial charge in [-0.1, -0.05) is 29.3 Å². The molecule has 1 unspecified atom stereocenters. The maximum Gasteiger partial charge on any atom is 0.223 e. The number of aryl methyl sites for hydroxylation is 2. The zero-order valence-corrected chi connectivity index (χ0v) is 13.8. The lowest BCUT2D eigenvalue weighted by molar-refractivity contribution is -0.126. The maximum absolute atomic E-state index is 12.3. The molecule has 0 bridgehead atoms. The summed E-state index contributed by atoms with van der Waals surface area (Å²) in [7, 11) is 2.12. The van der Waals surface area contributed by atoms with Gasteiger partial charge in [0.1, 0.15) is 0 Å². The van der Waals surface area contributed by atoms with Gasteiger partial charge in [0.05, 0.1) is 0 Å². The van der Waals surface area contributed by atoms with Crippen LogP contribution < -0.4 is 5.32 Å². The standard InChI is InChI=1S/C18H28N2O/c1-13-9-14(2)11-16(10-13)12-15(3)19-18(21)17-5-7-20(4)8-6-17/h9-11,15,17H,5-8,12H2,1-4H3,(H,19,21). The molecule has 1 heterocycles. The van der Waals surface area contributed by atoms with E-state index >= 15 is 0 Å². The first kappa shape index (κ1) is 16.0. The van der Waals surface area contributed by atoms with E-state index in [4.69, 9.17) is 0 Å². The number of piperidine rings is 1. The van der Waals surface area contributed by atoms with Gasteiger partial charge in [-0.2, -0.15) is 0 Å². The molecule has 3 nitrogen and oxygen atoms in total. The third-order valence-corrected chi connectivity index (χ3v) is 4.30. The molecule has 0 aromatic heterocycles. The van der Waals surface area contributed by atoms with Gasteiger partial charge in [0.25, 0.3) is 0 Å². The second-order valence-corrected chi connectivity index (χ2v) is 6.69. The molecular formula is C18H28N2O. The van der Waals surface area contributed by atoms with Crippen LogP contribution in [0.3, 0.4) is 0 Å². The molecule has 0 spiro atoms. The van der Waals surface area contributed by atoms with Gasteiger partial charge < -0.3 is 10.2 Å². The normalized spacial score (nSPS) is 18.5. The van der Waals surface area contributed by atoms with Crippen molar-refractivity contribution in [2.75, 3.05) is 20.1 Å². The van der Waals surface area contributed by atoms with Gasteiger partial charge >= 0.3 is 0 Å². The lowest BCUT2D eigenvalue weighted by atomic mass is 9.95. The molecule has 1 fully saturated rings. The maximum atomic E-state index is 12.3. The highest BCUT2D eigenvalue weighted by Gasteiger charge is 2.24. The lowest BCUT2D eigenvalue weighted by Gasteiger charge is -2.29. The van der Waals surface area contributed by atoms with Crippen LogP contribution in [0.1, 0.15) is 36.5 Å². The largest absolute Gasteiger partial charge is 0.353 e. The number of benzene rings is 1. The van der Waals surface area contributed by atoms with Gasteiger partial charge in [-0.3, -0.25) is 4.79 Å². The summed E-state index contributed by atoms with van der Waals surface area (Å²) in [4.78, 5) is 14.6. The molecule has 116 valence electrons. The minimum Gasteiger partial charge on any atom is -0.353 e. The first-order valence-corrected chi connectivity index (χ1v) is 8.00. The van der Waals surface area contributed by atoms with Gasteiger partial charge in [0, 0.05) is 12.0 Å². The summed E-state index contributed by atoms with van der Waals surface area (Å²) in [6, 6.07) is 6.81. The average Bonchev–Trinajstić information content (AvgIpc) is 2.37. The number of rotatable bonds is 4. The summed E-state index contributed by atoms with van der Waals surface area (Å²) >= 11 is 0. The summed E-state index contributed by atoms with van der Waals surface area (Å²) in [5.41, 5.74) is 3.89. The number of nitrogens with one attached hydrogen (secondary N) is 1. The van der Waals surface area contributed by atoms with Crippen LogP contribution in [0.2, 0.25) is 0 Å². The molecule has 1 aliphatic rings. The minimum absolute atomic E-state index is 0.193. The van der Waals surface area contributed by atoms with Crippen LogP contribution in [0.5, 0.6) is 0 Å². The van der Waals surface area contributed by atoms with Crippen LogP contribution in [0.25, 0.3) is 0 Å². The van der Waals surface area contributed by atoms with Crippen molar-refractivity contribution in [3.8, 4) is 0 Å². The van der Waals surface area contributed by atoms with Crippen molar-refractivity contribution in [1.29, 1.82) is 0 Å². The topological polar surface area (TPSA) is 32.3 Å². The number of carbonyl (C=O) groups is 1. The molecule has 3 heteroatoms. The highest BCUT2D eigenvalue weighted by molar-refractivity contribution is 5.79. The van der Waals surface area contributed by atoms with Gasteiger partial charge in [0.15, 0.2) is 0 Å². The molecule has 1 N–H and O–H groups in total. The third-order valence-electron chi connectivity index (χ3n) is 4.30. The minimum atomic E-state index is 0.193. The van der Waals surface area contributed by atoms with Crippen molar-refractivity contribution in [2.45, 2.75) is 46.1 Å². The third kappa shape index (κ3) is 4.85. The molecule has 0 radical (unpaired) electrons. The fourth-order valence-electron chi connectivity index (χ4n) is 3.22. The number of amides is 1. The van der Waals surface area contributed by atoms with Crippen molar-refractivity contribution in [3.63, 3.8) is 0 Å². The molecule has 0 saturated carbocycles. The zero-order chi connectivity index (χ0) is 15.4. The summed E-state index contributed by atoms with van der Waals surface area (Å²) in [5, 5.41) is 3.19. The fraction of sp³-hybridized carbons (Fsp3) is 0.611. The number of carbonyl (C=O) groups excluding carboxylic acids is 1. The molecule has 1 aromatic carbocycles. The Labute approximate surface area is 128 Å². The monoisotopic (exact) mass is 288 g/mol. The van der Waals surface area contributed by atoms with E-state index in [1.807, 2.05) is 0 Å². The Morgan fingerprint density at radius 1 is 1.24 bits per heavy atom. The molecule has 1 atom stereocenters. The summed E-state index contributed by atoms with van der Waals surface area (Å²) in [5.74, 6) is 0.433. The molecule has 21 heavy (non-hydrogen) atoms. The van der Waals surface area contributed by atoms with Crippen molar-refractivity contribution in [3.05, 3.63) is 34.9 Å². The number of nitrogens with zero attached hydrogens (tertiary/aromatic N) is 1. The van der Waals surface area contributed by atoms with Crippen LogP contribution >= 0.6 is 0 Å². The van der Waals surface area contributed by atoms with Crippen LogP contribution in [-0.2, 0) is 11.2 Å². The quantitative estimate of drug-likeness (QED) is 0.924. The predicted molar refractivity (Wildman–Crippen MR) is 87.4 cm³/mol. The van der Waals surface area contributed by atoms with E-state index in [1.165, 1.54) is 16.7 Å². The van der Waals surface area contributed by atoms with Crippen molar-refractivity contribution < 1.29 is 4.79 Å². The van der Waals surface area contributed by atoms with E-state index in [1.54, 1.807) is 0 Å². The Bertz CT molecular complexity index is 470. The first-order valence-electron chi connectivity index (χ1n) is 8.00. The average molecular weight is 288 g/mol. The van der Waals surface area contributed by atoms with E-state index in [0.717, 1.165) is 32.4 Å². The SMILES string of the molecule is Cc1cc(C)cc(CC(C)NC(=O)C2CCN(C)CC2)c1. The summed E-state index contributed by atoms with van der Waals surface area (Å²) in [6.45, 7) is 8.41. The van der Waals surface area contributed by atoms with E-state index in [9.17, 15) is 4.79 Å². The van der Waals surface area contributed by atoms with E-state index in [0.29, 0.717) is 0 Å². The van der Waals surface area contributed by atoms with Crippen molar-refractivity contribution >= 4 is 5.91 Å². The Morgan fingerprint density at radius 2 is 1.81 bits per heavy atom. The fourth-order valence-corrected chi connectivity index (χ4v) is 3.22. The smallest absolute Gasteiger partial charge is 0.223 e. The molecule has 1 aromatic rings. The first-order chi connectivity index (χ1) is 9.94. The van der Waals surface area contributed by atoms with Gasteiger partial charge in [-0.05, 0) is 65.7 Å². The Morgan fingerprint density at radius 3 is 2.38 bits per heavy atom. The number of likely N-dealkylation sites (tertiary alicyclic amines) is 1. The van der Waals surface area contributed by atoms with Crippen molar-refractivity contribution in [1.82, 2.24) is 10.2 Å². The van der Waals surface area contributed by atoms with E-state index in [2.05, 4.69) is 56.2 Å². The summed E-state index contributed by atoms with van der Waals surface area (Å²) in [6.07, 6.45) is 2.87. The van der Waals surface area contributed by atoms with E-state index < -0.39 is 0 Å². The Hall–Kier alpha value is -1.35. The molecular weight excluding hydrogens is 260 g/mol. The predicted octanol–water partition coefficient (Wildman–Crippen LogP) is 2.69. The number of hydrogen-bond donors (Lipinski definition) is 1. The molecule has 2 rings (SSSR count). The highest BCUT2D eigenvalue weighted by Crippen LogP contribution is 2.17. The molecule has 1 saturated heterocycles. The number of hydrogen-bond acceptors (Lipinski definition) is 2. The van der Waals surface area contributed by atoms with Crippen LogP contribution in [0.15, 0.2) is 18.2 Å². The van der Waals surface area contributed by atoms with Crippen LogP contribution in [0, 0.1) is 19.8 Å². The van der Waals surface area contributed by atoms with Gasteiger partial charge in [-0.15, -0.1) is 0 Å². The van der Waals surface area contributed by atoms with Gasteiger partial charge in [0.2, 0.25) is 5.91 Å². The molecule has 1 amide bonds. The Balaban J connectivity index is 1.86. The van der Waals surface area contributed by atoms with Gasteiger partial charge in [-0.25, -0.2) is 0 Å². The van der Waals surface area contributed by atoms with E-state index in [-0.39, 0.29) is 17.9 Å². The van der Waals surface area contributed by atoms with Crippen LogP contribution in [0.4, 0.5) is 0 Å². The lowest BCUT2D eigenvalue weighted by Crippen LogP contribution is -2.42.